The van der Waals surface area contributed by atoms with Crippen LogP contribution in [0.5, 0.6) is 0 Å². The molecular weight excluding hydrogens is 1240 g/mol. The van der Waals surface area contributed by atoms with Crippen molar-refractivity contribution in [2.24, 2.45) is 29.4 Å². The fourth-order valence-corrected chi connectivity index (χ4v) is 12.2. The number of primary amides is 1. The number of H-pyrrole nitrogens is 2. The lowest BCUT2D eigenvalue weighted by Crippen LogP contribution is -2.52. The van der Waals surface area contributed by atoms with E-state index in [0.717, 1.165) is 76.6 Å². The van der Waals surface area contributed by atoms with Crippen molar-refractivity contribution in [1.29, 1.82) is 0 Å². The monoisotopic (exact) mass is 1320 g/mol. The van der Waals surface area contributed by atoms with Gasteiger partial charge in [0, 0.05) is 96.5 Å². The van der Waals surface area contributed by atoms with Crippen LogP contribution in [-0.2, 0) is 36.8 Å². The molecule has 0 bridgehead atoms. The summed E-state index contributed by atoms with van der Waals surface area (Å²) in [6.07, 6.45) is 4.53. The number of ether oxygens (including phenoxy) is 1. The second-order valence-electron chi connectivity index (χ2n) is 24.7. The first-order valence-corrected chi connectivity index (χ1v) is 31.8. The molecule has 26 heteroatoms. The molecule has 2 aliphatic carbocycles. The van der Waals surface area contributed by atoms with E-state index < -0.39 is 35.8 Å². The van der Waals surface area contributed by atoms with Crippen molar-refractivity contribution < 1.29 is 43.4 Å². The smallest absolute Gasteiger partial charge is 0.407 e. The van der Waals surface area contributed by atoms with E-state index in [-0.39, 0.29) is 60.1 Å². The third kappa shape index (κ3) is 19.1. The Morgan fingerprint density at radius 2 is 1.23 bits per heavy atom. The van der Waals surface area contributed by atoms with Crippen LogP contribution in [-0.4, -0.2) is 162 Å². The molecule has 3 heterocycles. The third-order valence-corrected chi connectivity index (χ3v) is 17.3. The quantitative estimate of drug-likeness (QED) is 0.0358. The molecule has 0 spiro atoms. The molecular formula is C66H79BrN16O9. The number of nitrogens with one attached hydrogen (secondary N) is 6. The molecule has 484 valence electrons. The number of aromatic amines is 2. The molecule has 2 atom stereocenters. The van der Waals surface area contributed by atoms with Crippen LogP contribution in [0.25, 0.3) is 33.9 Å². The lowest BCUT2D eigenvalue weighted by molar-refractivity contribution is -0.130. The Morgan fingerprint density at radius 1 is 0.674 bits per heavy atom. The minimum Gasteiger partial charge on any atom is -0.465 e. The van der Waals surface area contributed by atoms with Gasteiger partial charge in [0.1, 0.15) is 17.7 Å². The molecule has 1 aliphatic heterocycles. The van der Waals surface area contributed by atoms with Crippen LogP contribution in [0.1, 0.15) is 93.6 Å². The number of benzene rings is 5. The Hall–Kier alpha value is -9.43. The van der Waals surface area contributed by atoms with Crippen LogP contribution < -0.4 is 31.9 Å². The highest BCUT2D eigenvalue weighted by atomic mass is 79.9. The number of carbonyl (C=O) groups is 7. The molecule has 3 aliphatic rings. The minimum absolute atomic E-state index is 0.0304. The SMILES string of the molecule is CC(C)(C)OC(=O)NCC1CCC(C(=O)N(c2ccc(-c3nn[nH]n3)cc2)[C@@H](Cc2cccc(Br)c2)C(N)=O)CC1.CN1CCN(C(=O)c2ccc(-c3cccc(C[C@H](NC(=O)C4CCC(CNC(=O)O)CC4)C(=O)Nc4ccc(-c5nn[nH]n5)cc4)c3)cc2)CC1. The van der Waals surface area contributed by atoms with Gasteiger partial charge in [0.25, 0.3) is 5.91 Å². The predicted octanol–water partition coefficient (Wildman–Crippen LogP) is 8.05. The summed E-state index contributed by atoms with van der Waals surface area (Å²) in [5.41, 5.74) is 12.2. The zero-order valence-corrected chi connectivity index (χ0v) is 53.6. The maximum atomic E-state index is 14.1. The largest absolute Gasteiger partial charge is 0.465 e. The van der Waals surface area contributed by atoms with Gasteiger partial charge in [0.05, 0.1) is 0 Å². The Balaban J connectivity index is 0.000000223. The van der Waals surface area contributed by atoms with E-state index in [1.54, 1.807) is 53.4 Å². The first-order chi connectivity index (χ1) is 44.2. The lowest BCUT2D eigenvalue weighted by Gasteiger charge is -2.36. The van der Waals surface area contributed by atoms with Crippen molar-refractivity contribution >= 4 is 69.0 Å². The van der Waals surface area contributed by atoms with Gasteiger partial charge in [0.2, 0.25) is 35.3 Å². The van der Waals surface area contributed by atoms with E-state index in [9.17, 15) is 33.6 Å². The summed E-state index contributed by atoms with van der Waals surface area (Å²) >= 11 is 3.48. The second-order valence-corrected chi connectivity index (χ2v) is 25.6. The highest BCUT2D eigenvalue weighted by Gasteiger charge is 2.37. The molecule has 0 radical (unpaired) electrons. The average Bonchev–Trinajstić information content (AvgIpc) is 1.16. The maximum Gasteiger partial charge on any atom is 0.407 e. The number of likely N-dealkylation sites (N-methyl/N-ethyl adjacent to an activating group) is 1. The van der Waals surface area contributed by atoms with Crippen molar-refractivity contribution in [3.8, 4) is 33.9 Å². The van der Waals surface area contributed by atoms with E-state index in [1.165, 1.54) is 0 Å². The van der Waals surface area contributed by atoms with Crippen LogP contribution in [0.4, 0.5) is 21.0 Å². The number of halogens is 1. The molecule has 1 saturated heterocycles. The Kier molecular flexibility index (Phi) is 23.0. The average molecular weight is 1320 g/mol. The van der Waals surface area contributed by atoms with Crippen molar-refractivity contribution in [3.63, 3.8) is 0 Å². The number of alkyl carbamates (subject to hydrolysis) is 1. The number of anilines is 2. The van der Waals surface area contributed by atoms with Gasteiger partial charge < -0.3 is 46.6 Å². The molecule has 25 nitrogen and oxygen atoms in total. The number of rotatable bonds is 20. The van der Waals surface area contributed by atoms with Crippen molar-refractivity contribution in [2.75, 3.05) is 56.5 Å². The van der Waals surface area contributed by atoms with Gasteiger partial charge in [-0.15, -0.1) is 20.4 Å². The van der Waals surface area contributed by atoms with Crippen molar-refractivity contribution in [2.45, 2.75) is 103 Å². The number of aromatic nitrogens is 8. The Labute approximate surface area is 541 Å². The molecule has 7 amide bonds. The van der Waals surface area contributed by atoms with Gasteiger partial charge in [-0.1, -0.05) is 64.5 Å². The van der Waals surface area contributed by atoms with E-state index in [2.05, 4.69) is 90.4 Å². The van der Waals surface area contributed by atoms with E-state index >= 15 is 0 Å². The molecule has 9 N–H and O–H groups in total. The maximum absolute atomic E-state index is 14.1. The molecule has 92 heavy (non-hydrogen) atoms. The third-order valence-electron chi connectivity index (χ3n) is 16.8. The van der Waals surface area contributed by atoms with E-state index in [0.29, 0.717) is 80.4 Å². The number of nitrogens with two attached hydrogens (primary N) is 1. The number of carboxylic acid groups (broad SMARTS) is 1. The summed E-state index contributed by atoms with van der Waals surface area (Å²) < 4.78 is 6.21. The molecule has 2 saturated carbocycles. The summed E-state index contributed by atoms with van der Waals surface area (Å²) in [5, 5.41) is 48.2. The Bertz CT molecular complexity index is 3600. The van der Waals surface area contributed by atoms with Gasteiger partial charge >= 0.3 is 12.2 Å². The molecule has 5 aromatic carbocycles. The number of piperazine rings is 1. The van der Waals surface area contributed by atoms with Gasteiger partial charge in [-0.05, 0) is 196 Å². The topological polar surface area (TPSA) is 342 Å². The normalized spacial score (nSPS) is 18.2. The highest BCUT2D eigenvalue weighted by Crippen LogP contribution is 2.34. The molecule has 2 aromatic heterocycles. The van der Waals surface area contributed by atoms with Crippen LogP contribution in [0.3, 0.4) is 0 Å². The fraction of sp³-hybridized carbons (Fsp3) is 0.409. The van der Waals surface area contributed by atoms with Gasteiger partial charge in [-0.3, -0.25) is 28.9 Å². The Morgan fingerprint density at radius 3 is 1.78 bits per heavy atom. The molecule has 0 unspecified atom stereocenters. The standard InChI is InChI=1S/C37H43N9O5.C29H36BrN7O4/c1-45-17-19-46(20-18-45)36(49)29-11-9-26(10-12-29)30-4-2-3-25(21-30)22-32(40-34(47)28-7-5-24(6-8-28)23-38-37(50)51)35(48)39-31-15-13-27(14-16-31)33-41-43-44-42-33;1-29(2,3)41-28(40)32-17-18-7-9-21(10-8-18)27(39)37(23-13-11-20(12-14-23)26-33-35-36-34-26)24(25(31)38)16-19-5-4-6-22(30)15-19/h2-4,9-16,21,24,28,32,38H,5-8,17-20,22-23H2,1H3,(H,39,48)(H,40,47)(H,50,51)(H,41,42,43,44);4-6,11-15,18,21,24H,7-10,16-17H2,1-3H3,(H2,31,38)(H,32,40)(H,33,34,35,36)/t24?,28?,32-;18?,21?,24-/m00/s1. The van der Waals surface area contributed by atoms with E-state index in [4.69, 9.17) is 15.6 Å². The number of hydrogen-bond donors (Lipinski definition) is 8. The van der Waals surface area contributed by atoms with Gasteiger partial charge in [0.15, 0.2) is 0 Å². The van der Waals surface area contributed by atoms with Gasteiger partial charge in [-0.25, -0.2) is 9.59 Å². The summed E-state index contributed by atoms with van der Waals surface area (Å²) in [4.78, 5) is 96.1. The minimum atomic E-state index is -1.05. The first kappa shape index (κ1) is 67.0. The lowest BCUT2D eigenvalue weighted by atomic mass is 9.81. The summed E-state index contributed by atoms with van der Waals surface area (Å²) in [6.45, 7) is 9.46. The first-order valence-electron chi connectivity index (χ1n) is 31.0. The summed E-state index contributed by atoms with van der Waals surface area (Å²) in [5.74, 6) is -0.521. The predicted molar refractivity (Wildman–Crippen MR) is 348 cm³/mol. The highest BCUT2D eigenvalue weighted by molar-refractivity contribution is 9.10. The van der Waals surface area contributed by atoms with Crippen LogP contribution in [0.15, 0.2) is 126 Å². The number of amides is 7. The fourth-order valence-electron chi connectivity index (χ4n) is 11.8. The summed E-state index contributed by atoms with van der Waals surface area (Å²) in [6, 6.07) is 35.5. The molecule has 10 rings (SSSR count). The zero-order chi connectivity index (χ0) is 65.3. The number of tetrazole rings is 2. The van der Waals surface area contributed by atoms with E-state index in [1.807, 2.05) is 98.5 Å². The van der Waals surface area contributed by atoms with Crippen LogP contribution in [0, 0.1) is 23.7 Å². The molecule has 3 fully saturated rings. The van der Waals surface area contributed by atoms with Gasteiger partial charge in [-0.2, -0.15) is 10.4 Å². The zero-order valence-electron chi connectivity index (χ0n) is 52.0. The van der Waals surface area contributed by atoms with Crippen molar-refractivity contribution in [1.82, 2.24) is 67.0 Å². The summed E-state index contributed by atoms with van der Waals surface area (Å²) in [7, 11) is 2.06. The number of carbonyl (C=O) groups excluding carboxylic acids is 6. The molecule has 7 aromatic rings. The van der Waals surface area contributed by atoms with Crippen molar-refractivity contribution in [3.05, 3.63) is 142 Å². The van der Waals surface area contributed by atoms with Crippen LogP contribution >= 0.6 is 15.9 Å². The number of nitrogens with zero attached hydrogens (tertiary/aromatic N) is 9. The number of hydrogen-bond acceptors (Lipinski definition) is 15. The second kappa shape index (κ2) is 31.5. The van der Waals surface area contributed by atoms with Crippen LogP contribution in [0.2, 0.25) is 0 Å².